The van der Waals surface area contributed by atoms with Gasteiger partial charge in [-0.1, -0.05) is 66.2 Å². The minimum absolute atomic E-state index is 0.0973. The molecule has 0 radical (unpaired) electrons. The highest BCUT2D eigenvalue weighted by Crippen LogP contribution is 2.31. The largest absolute Gasteiger partial charge is 0.493 e. The van der Waals surface area contributed by atoms with Crippen molar-refractivity contribution < 1.29 is 14.3 Å². The number of carbonyl (C=O) groups is 1. The predicted molar refractivity (Wildman–Crippen MR) is 135 cm³/mol. The maximum atomic E-state index is 12.3. The molecule has 1 aromatic heterocycles. The Morgan fingerprint density at radius 3 is 2.53 bits per heavy atom. The molecule has 6 heteroatoms. The molecule has 3 aromatic carbocycles. The van der Waals surface area contributed by atoms with Crippen LogP contribution in [0.25, 0.3) is 22.9 Å². The third kappa shape index (κ3) is 5.40. The zero-order valence-electron chi connectivity index (χ0n) is 18.8. The van der Waals surface area contributed by atoms with E-state index >= 15 is 0 Å². The lowest BCUT2D eigenvalue weighted by Gasteiger charge is -2.11. The molecule has 0 unspecified atom stereocenters. The van der Waals surface area contributed by atoms with E-state index in [9.17, 15) is 10.1 Å². The Labute approximate surface area is 202 Å². The van der Waals surface area contributed by atoms with Gasteiger partial charge in [0, 0.05) is 16.5 Å². The number of rotatable bonds is 8. The first-order chi connectivity index (χ1) is 16.6. The fourth-order valence-electron chi connectivity index (χ4n) is 3.31. The molecule has 1 heterocycles. The molecule has 5 nitrogen and oxygen atoms in total. The standard InChI is InChI=1S/C28H22N2O3S/c1-19-8-11-21(12-9-19)24-18-34-28(30-24)23(16-29)14-20-10-13-26(27(15-20)32-2)33-17-25(31)22-6-4-3-5-7-22/h3-15,18H,17H2,1-2H3/b23-14-. The van der Waals surface area contributed by atoms with Crippen LogP contribution < -0.4 is 9.47 Å². The summed E-state index contributed by atoms with van der Waals surface area (Å²) in [4.78, 5) is 17.0. The Balaban J connectivity index is 1.52. The van der Waals surface area contributed by atoms with Gasteiger partial charge in [0.05, 0.1) is 18.4 Å². The lowest BCUT2D eigenvalue weighted by Crippen LogP contribution is -2.11. The topological polar surface area (TPSA) is 72.2 Å². The molecule has 34 heavy (non-hydrogen) atoms. The smallest absolute Gasteiger partial charge is 0.200 e. The van der Waals surface area contributed by atoms with Crippen molar-refractivity contribution in [1.82, 2.24) is 4.98 Å². The number of thiazole rings is 1. The molecular weight excluding hydrogens is 444 g/mol. The van der Waals surface area contributed by atoms with Gasteiger partial charge in [0.15, 0.2) is 23.9 Å². The number of benzene rings is 3. The van der Waals surface area contributed by atoms with E-state index < -0.39 is 0 Å². The van der Waals surface area contributed by atoms with Gasteiger partial charge in [0.1, 0.15) is 11.1 Å². The van der Waals surface area contributed by atoms with Crippen molar-refractivity contribution in [3.05, 3.63) is 99.9 Å². The number of allylic oxidation sites excluding steroid dienone is 1. The van der Waals surface area contributed by atoms with Gasteiger partial charge in [0.2, 0.25) is 0 Å². The highest BCUT2D eigenvalue weighted by Gasteiger charge is 2.12. The third-order valence-corrected chi connectivity index (χ3v) is 6.03. The number of hydrogen-bond donors (Lipinski definition) is 0. The minimum Gasteiger partial charge on any atom is -0.493 e. The lowest BCUT2D eigenvalue weighted by molar-refractivity contribution is 0.0919. The van der Waals surface area contributed by atoms with E-state index in [0.29, 0.717) is 27.6 Å². The summed E-state index contributed by atoms with van der Waals surface area (Å²) in [7, 11) is 1.54. The van der Waals surface area contributed by atoms with Crippen LogP contribution in [0.1, 0.15) is 26.5 Å². The van der Waals surface area contributed by atoms with Gasteiger partial charge >= 0.3 is 0 Å². The molecule has 0 saturated carbocycles. The van der Waals surface area contributed by atoms with Crippen LogP contribution in [0.2, 0.25) is 0 Å². The molecule has 0 aliphatic carbocycles. The number of ether oxygens (including phenoxy) is 2. The number of carbonyl (C=O) groups excluding carboxylic acids is 1. The number of nitriles is 1. The highest BCUT2D eigenvalue weighted by atomic mass is 32.1. The van der Waals surface area contributed by atoms with Crippen LogP contribution in [-0.2, 0) is 0 Å². The molecule has 0 N–H and O–H groups in total. The van der Waals surface area contributed by atoms with Gasteiger partial charge in [-0.15, -0.1) is 11.3 Å². The first kappa shape index (κ1) is 23.0. The average molecular weight is 467 g/mol. The number of Topliss-reactive ketones (excluding diaryl/α,β-unsaturated/α-hetero) is 1. The van der Waals surface area contributed by atoms with Gasteiger partial charge in [-0.2, -0.15) is 5.26 Å². The second-order valence-electron chi connectivity index (χ2n) is 7.56. The number of nitrogens with zero attached hydrogens (tertiary/aromatic N) is 2. The van der Waals surface area contributed by atoms with Crippen molar-refractivity contribution in [3.8, 4) is 28.8 Å². The maximum absolute atomic E-state index is 12.3. The second-order valence-corrected chi connectivity index (χ2v) is 8.42. The van der Waals surface area contributed by atoms with E-state index in [1.54, 1.807) is 30.3 Å². The molecule has 0 aliphatic heterocycles. The quantitative estimate of drug-likeness (QED) is 0.220. The van der Waals surface area contributed by atoms with Gasteiger partial charge < -0.3 is 9.47 Å². The second kappa shape index (κ2) is 10.6. The number of aromatic nitrogens is 1. The number of hydrogen-bond acceptors (Lipinski definition) is 6. The minimum atomic E-state index is -0.119. The summed E-state index contributed by atoms with van der Waals surface area (Å²) >= 11 is 1.43. The molecule has 0 saturated heterocycles. The molecule has 168 valence electrons. The Hall–Kier alpha value is -4.21. The van der Waals surface area contributed by atoms with Crippen LogP contribution in [0.5, 0.6) is 11.5 Å². The molecule has 4 aromatic rings. The van der Waals surface area contributed by atoms with Crippen LogP contribution in [0, 0.1) is 18.3 Å². The van der Waals surface area contributed by atoms with Crippen molar-refractivity contribution >= 4 is 28.8 Å². The van der Waals surface area contributed by atoms with Crippen molar-refractivity contribution in [2.75, 3.05) is 13.7 Å². The summed E-state index contributed by atoms with van der Waals surface area (Å²) in [5, 5.41) is 12.3. The summed E-state index contributed by atoms with van der Waals surface area (Å²) in [6, 6.07) is 24.7. The van der Waals surface area contributed by atoms with E-state index in [1.165, 1.54) is 24.0 Å². The Kier molecular flexibility index (Phi) is 7.16. The predicted octanol–water partition coefficient (Wildman–Crippen LogP) is 6.45. The normalized spacial score (nSPS) is 11.0. The SMILES string of the molecule is COc1cc(/C=C(/C#N)c2nc(-c3ccc(C)cc3)cs2)ccc1OCC(=O)c1ccccc1. The summed E-state index contributed by atoms with van der Waals surface area (Å²) in [5.41, 5.74) is 4.85. The molecule has 0 bridgehead atoms. The fraction of sp³-hybridized carbons (Fsp3) is 0.107. The maximum Gasteiger partial charge on any atom is 0.200 e. The first-order valence-corrected chi connectivity index (χ1v) is 11.5. The van der Waals surface area contributed by atoms with Crippen LogP contribution in [0.15, 0.2) is 78.2 Å². The third-order valence-electron chi connectivity index (χ3n) is 5.16. The van der Waals surface area contributed by atoms with E-state index in [2.05, 4.69) is 11.1 Å². The van der Waals surface area contributed by atoms with E-state index in [0.717, 1.165) is 16.8 Å². The van der Waals surface area contributed by atoms with E-state index in [-0.39, 0.29) is 12.4 Å². The molecule has 0 atom stereocenters. The van der Waals surface area contributed by atoms with Gasteiger partial charge in [0.25, 0.3) is 0 Å². The molecule has 0 fully saturated rings. The van der Waals surface area contributed by atoms with Gasteiger partial charge in [-0.3, -0.25) is 4.79 Å². The van der Waals surface area contributed by atoms with E-state index in [4.69, 9.17) is 9.47 Å². The zero-order chi connectivity index (χ0) is 23.9. The molecule has 0 amide bonds. The molecule has 4 rings (SSSR count). The number of methoxy groups -OCH3 is 1. The number of ketones is 1. The van der Waals surface area contributed by atoms with Crippen LogP contribution in [-0.4, -0.2) is 24.5 Å². The van der Waals surface area contributed by atoms with E-state index in [1.807, 2.05) is 60.8 Å². The zero-order valence-corrected chi connectivity index (χ0v) is 19.6. The Bertz CT molecular complexity index is 1370. The Morgan fingerprint density at radius 1 is 1.06 bits per heavy atom. The summed E-state index contributed by atoms with van der Waals surface area (Å²) in [6.45, 7) is 1.94. The molecular formula is C28H22N2O3S. The monoisotopic (exact) mass is 466 g/mol. The number of aryl methyl sites for hydroxylation is 1. The fourth-order valence-corrected chi connectivity index (χ4v) is 4.10. The first-order valence-electron chi connectivity index (χ1n) is 10.6. The summed E-state index contributed by atoms with van der Waals surface area (Å²) in [6.07, 6.45) is 1.76. The Morgan fingerprint density at radius 2 is 1.82 bits per heavy atom. The lowest BCUT2D eigenvalue weighted by atomic mass is 10.1. The van der Waals surface area contributed by atoms with Crippen LogP contribution in [0.3, 0.4) is 0 Å². The molecule has 0 spiro atoms. The average Bonchev–Trinajstić information content (AvgIpc) is 3.37. The van der Waals surface area contributed by atoms with Gasteiger partial charge in [-0.25, -0.2) is 4.98 Å². The van der Waals surface area contributed by atoms with Crippen molar-refractivity contribution in [2.24, 2.45) is 0 Å². The van der Waals surface area contributed by atoms with Crippen molar-refractivity contribution in [2.45, 2.75) is 6.92 Å². The molecule has 0 aliphatic rings. The summed E-state index contributed by atoms with van der Waals surface area (Å²) < 4.78 is 11.2. The van der Waals surface area contributed by atoms with Crippen LogP contribution in [0.4, 0.5) is 0 Å². The van der Waals surface area contributed by atoms with Gasteiger partial charge in [-0.05, 0) is 30.7 Å². The van der Waals surface area contributed by atoms with Crippen LogP contribution >= 0.6 is 11.3 Å². The summed E-state index contributed by atoms with van der Waals surface area (Å²) in [5.74, 6) is 0.816. The van der Waals surface area contributed by atoms with Crippen molar-refractivity contribution in [3.63, 3.8) is 0 Å². The van der Waals surface area contributed by atoms with Crippen molar-refractivity contribution in [1.29, 1.82) is 5.26 Å². The highest BCUT2D eigenvalue weighted by molar-refractivity contribution is 7.11.